The summed E-state index contributed by atoms with van der Waals surface area (Å²) in [5, 5.41) is 0.599. The number of piperidine rings is 1. The predicted octanol–water partition coefficient (Wildman–Crippen LogP) is 5.14. The number of rotatable bonds is 6. The van der Waals surface area contributed by atoms with E-state index in [4.69, 9.17) is 9.40 Å². The second-order valence-electron chi connectivity index (χ2n) is 8.89. The van der Waals surface area contributed by atoms with E-state index in [1.807, 2.05) is 26.0 Å². The van der Waals surface area contributed by atoms with Gasteiger partial charge in [0.25, 0.3) is 0 Å². The van der Waals surface area contributed by atoms with Gasteiger partial charge in [-0.3, -0.25) is 9.69 Å². The highest BCUT2D eigenvalue weighted by atomic mass is 32.2. The average molecular weight is 510 g/mol. The zero-order chi connectivity index (χ0) is 24.6. The van der Waals surface area contributed by atoms with Crippen molar-refractivity contribution in [3.05, 3.63) is 77.7 Å². The summed E-state index contributed by atoms with van der Waals surface area (Å²) in [6, 6.07) is 16.1. The van der Waals surface area contributed by atoms with Crippen molar-refractivity contribution in [1.29, 1.82) is 0 Å². The number of aryl methyl sites for hydroxylation is 2. The molecule has 1 fully saturated rings. The molecule has 1 atom stereocenters. The van der Waals surface area contributed by atoms with Crippen LogP contribution in [0.15, 0.2) is 70.2 Å². The lowest BCUT2D eigenvalue weighted by atomic mass is 9.98. The quantitative estimate of drug-likeness (QED) is 0.359. The Bertz CT molecular complexity index is 1410. The van der Waals surface area contributed by atoms with Crippen LogP contribution < -0.4 is 4.90 Å². The number of carbonyl (C=O) groups excluding carboxylic acids is 1. The molecular formula is C26H27N3O4S2. The van der Waals surface area contributed by atoms with E-state index in [-0.39, 0.29) is 23.9 Å². The molecule has 9 heteroatoms. The van der Waals surface area contributed by atoms with Gasteiger partial charge in [0.1, 0.15) is 5.76 Å². The highest BCUT2D eigenvalue weighted by Crippen LogP contribution is 2.35. The summed E-state index contributed by atoms with van der Waals surface area (Å²) < 4.78 is 34.5. The molecule has 1 saturated heterocycles. The normalized spacial score (nSPS) is 17.0. The number of nitrogens with zero attached hydrogens (tertiary/aromatic N) is 3. The molecule has 1 unspecified atom stereocenters. The molecule has 35 heavy (non-hydrogen) atoms. The Morgan fingerprint density at radius 2 is 1.89 bits per heavy atom. The molecule has 5 rings (SSSR count). The minimum absolute atomic E-state index is 0.135. The molecule has 182 valence electrons. The maximum Gasteiger partial charge on any atom is 0.243 e. The van der Waals surface area contributed by atoms with Crippen molar-refractivity contribution in [1.82, 2.24) is 9.29 Å². The van der Waals surface area contributed by atoms with E-state index in [0.717, 1.165) is 21.3 Å². The van der Waals surface area contributed by atoms with Crippen LogP contribution in [0.4, 0.5) is 5.13 Å². The number of sulfonamides is 1. The Hall–Kier alpha value is -3.01. The van der Waals surface area contributed by atoms with Gasteiger partial charge < -0.3 is 4.42 Å². The van der Waals surface area contributed by atoms with Gasteiger partial charge in [0, 0.05) is 13.1 Å². The summed E-state index contributed by atoms with van der Waals surface area (Å²) in [6.07, 6.45) is 2.83. The third-order valence-electron chi connectivity index (χ3n) is 6.44. The molecule has 1 amide bonds. The van der Waals surface area contributed by atoms with Crippen LogP contribution >= 0.6 is 11.3 Å². The number of fused-ring (bicyclic) bond motifs is 1. The second kappa shape index (κ2) is 9.56. The van der Waals surface area contributed by atoms with Crippen molar-refractivity contribution in [2.45, 2.75) is 38.1 Å². The van der Waals surface area contributed by atoms with Gasteiger partial charge in [-0.15, -0.1) is 0 Å². The minimum Gasteiger partial charge on any atom is -0.467 e. The fourth-order valence-electron chi connectivity index (χ4n) is 4.49. The standard InChI is InChI=1S/C26H27N3O4S2/c1-18-12-13-19(2)24-23(18)27-26(34-24)29(17-21-9-7-15-33-21)25(30)20-8-6-14-28(16-20)35(31,32)22-10-4-3-5-11-22/h3-5,7,9-13,15,20H,6,8,14,16-17H2,1-2H3. The van der Waals surface area contributed by atoms with E-state index in [2.05, 4.69) is 6.07 Å². The van der Waals surface area contributed by atoms with Gasteiger partial charge >= 0.3 is 0 Å². The van der Waals surface area contributed by atoms with Crippen molar-refractivity contribution in [2.24, 2.45) is 5.92 Å². The molecule has 3 heterocycles. The van der Waals surface area contributed by atoms with Crippen LogP contribution in [0.3, 0.4) is 0 Å². The number of hydrogen-bond acceptors (Lipinski definition) is 6. The maximum absolute atomic E-state index is 13.9. The fraction of sp³-hybridized carbons (Fsp3) is 0.308. The molecule has 1 aliphatic heterocycles. The van der Waals surface area contributed by atoms with Crippen molar-refractivity contribution in [2.75, 3.05) is 18.0 Å². The smallest absolute Gasteiger partial charge is 0.243 e. The third kappa shape index (κ3) is 4.63. The van der Waals surface area contributed by atoms with E-state index in [1.165, 1.54) is 15.6 Å². The Kier molecular flexibility index (Phi) is 6.48. The number of benzene rings is 2. The van der Waals surface area contributed by atoms with Crippen molar-refractivity contribution >= 4 is 42.6 Å². The lowest BCUT2D eigenvalue weighted by molar-refractivity contribution is -0.123. The molecule has 2 aromatic heterocycles. The Labute approximate surface area is 209 Å². The van der Waals surface area contributed by atoms with E-state index in [9.17, 15) is 13.2 Å². The zero-order valence-corrected chi connectivity index (χ0v) is 21.3. The molecule has 1 aliphatic rings. The molecular weight excluding hydrogens is 482 g/mol. The number of aromatic nitrogens is 1. The summed E-state index contributed by atoms with van der Waals surface area (Å²) in [4.78, 5) is 20.7. The van der Waals surface area contributed by atoms with Gasteiger partial charge in [0.2, 0.25) is 15.9 Å². The van der Waals surface area contributed by atoms with Crippen LogP contribution in [0, 0.1) is 19.8 Å². The predicted molar refractivity (Wildman–Crippen MR) is 137 cm³/mol. The van der Waals surface area contributed by atoms with Crippen LogP contribution in [-0.4, -0.2) is 36.7 Å². The van der Waals surface area contributed by atoms with Crippen LogP contribution in [0.25, 0.3) is 10.2 Å². The highest BCUT2D eigenvalue weighted by molar-refractivity contribution is 7.89. The number of furan rings is 1. The van der Waals surface area contributed by atoms with E-state index in [0.29, 0.717) is 30.3 Å². The highest BCUT2D eigenvalue weighted by Gasteiger charge is 2.36. The molecule has 0 saturated carbocycles. The molecule has 7 nitrogen and oxygen atoms in total. The summed E-state index contributed by atoms with van der Waals surface area (Å²) in [5.74, 6) is 0.0470. The lowest BCUT2D eigenvalue weighted by Crippen LogP contribution is -2.46. The summed E-state index contributed by atoms with van der Waals surface area (Å²) >= 11 is 1.48. The van der Waals surface area contributed by atoms with Crippen LogP contribution in [0.5, 0.6) is 0 Å². The minimum atomic E-state index is -3.67. The molecule has 0 aliphatic carbocycles. The Morgan fingerprint density at radius 1 is 1.11 bits per heavy atom. The van der Waals surface area contributed by atoms with E-state index >= 15 is 0 Å². The molecule has 0 radical (unpaired) electrons. The Balaban J connectivity index is 1.47. The fourth-order valence-corrected chi connectivity index (χ4v) is 7.15. The Morgan fingerprint density at radius 3 is 2.60 bits per heavy atom. The SMILES string of the molecule is Cc1ccc(C)c2sc(N(Cc3ccco3)C(=O)C3CCCN(S(=O)(=O)c4ccccc4)C3)nc12. The number of hydrogen-bond donors (Lipinski definition) is 0. The summed E-state index contributed by atoms with van der Waals surface area (Å²) in [6.45, 7) is 4.84. The van der Waals surface area contributed by atoms with Gasteiger partial charge in [-0.2, -0.15) is 4.31 Å². The van der Waals surface area contributed by atoms with Gasteiger partial charge in [-0.05, 0) is 62.1 Å². The molecule has 4 aromatic rings. The van der Waals surface area contributed by atoms with Gasteiger partial charge in [-0.25, -0.2) is 13.4 Å². The van der Waals surface area contributed by atoms with Crippen LogP contribution in [-0.2, 0) is 21.4 Å². The summed E-state index contributed by atoms with van der Waals surface area (Å²) in [5.41, 5.74) is 3.05. The number of amides is 1. The zero-order valence-electron chi connectivity index (χ0n) is 19.7. The second-order valence-corrected chi connectivity index (χ2v) is 11.8. The number of thiazole rings is 1. The third-order valence-corrected chi connectivity index (χ3v) is 9.53. The topological polar surface area (TPSA) is 83.7 Å². The van der Waals surface area contributed by atoms with Gasteiger partial charge in [-0.1, -0.05) is 41.7 Å². The first-order valence-corrected chi connectivity index (χ1v) is 13.9. The monoisotopic (exact) mass is 509 g/mol. The van der Waals surface area contributed by atoms with E-state index < -0.39 is 15.9 Å². The number of anilines is 1. The van der Waals surface area contributed by atoms with E-state index in [1.54, 1.807) is 47.6 Å². The molecule has 0 spiro atoms. The van der Waals surface area contributed by atoms with Crippen molar-refractivity contribution in [3.8, 4) is 0 Å². The maximum atomic E-state index is 13.9. The van der Waals surface area contributed by atoms with Crippen molar-refractivity contribution < 1.29 is 17.6 Å². The number of carbonyl (C=O) groups is 1. The van der Waals surface area contributed by atoms with Crippen LogP contribution in [0.1, 0.15) is 29.7 Å². The average Bonchev–Trinajstić information content (AvgIpc) is 3.56. The first-order valence-electron chi connectivity index (χ1n) is 11.6. The van der Waals surface area contributed by atoms with Crippen LogP contribution in [0.2, 0.25) is 0 Å². The van der Waals surface area contributed by atoms with Crippen molar-refractivity contribution in [3.63, 3.8) is 0 Å². The molecule has 0 bridgehead atoms. The van der Waals surface area contributed by atoms with Gasteiger partial charge in [0.05, 0.1) is 33.8 Å². The summed E-state index contributed by atoms with van der Waals surface area (Å²) in [7, 11) is -3.67. The largest absolute Gasteiger partial charge is 0.467 e. The van der Waals surface area contributed by atoms with Gasteiger partial charge in [0.15, 0.2) is 5.13 Å². The molecule has 2 aromatic carbocycles. The molecule has 0 N–H and O–H groups in total. The lowest BCUT2D eigenvalue weighted by Gasteiger charge is -2.33. The first kappa shape index (κ1) is 23.7. The first-order chi connectivity index (χ1) is 16.8.